The summed E-state index contributed by atoms with van der Waals surface area (Å²) in [5.74, 6) is -1.46. The first kappa shape index (κ1) is 26.5. The minimum absolute atomic E-state index is 0.251. The second-order valence-electron chi connectivity index (χ2n) is 8.56. The molecule has 0 aliphatic carbocycles. The number of hydroxylamine groups is 1. The third-order valence-corrected chi connectivity index (χ3v) is 6.10. The van der Waals surface area contributed by atoms with Crippen molar-refractivity contribution in [3.05, 3.63) is 95.6 Å². The minimum Gasteiger partial charge on any atom is -0.377 e. The van der Waals surface area contributed by atoms with E-state index in [0.717, 1.165) is 41.6 Å². The molecule has 0 aliphatic heterocycles. The topological polar surface area (TPSA) is 70.6 Å². The van der Waals surface area contributed by atoms with Crippen molar-refractivity contribution < 1.29 is 23.5 Å². The molecule has 0 spiro atoms. The summed E-state index contributed by atoms with van der Waals surface area (Å²) in [6, 6.07) is 20.6. The van der Waals surface area contributed by atoms with Crippen molar-refractivity contribution in [3.8, 4) is 11.1 Å². The monoisotopic (exact) mass is 482 g/mol. The van der Waals surface area contributed by atoms with E-state index in [1.165, 1.54) is 24.3 Å². The Morgan fingerprint density at radius 2 is 1.63 bits per heavy atom. The number of unbranched alkanes of at least 4 members (excludes halogenated alkanes) is 1. The first-order valence-corrected chi connectivity index (χ1v) is 11.8. The third-order valence-electron chi connectivity index (χ3n) is 6.10. The molecule has 5 nitrogen and oxygen atoms in total. The van der Waals surface area contributed by atoms with Crippen LogP contribution < -0.4 is 10.8 Å². The molecule has 0 radical (unpaired) electrons. The van der Waals surface area contributed by atoms with Gasteiger partial charge in [0.05, 0.1) is 6.10 Å². The molecule has 2 atom stereocenters. The van der Waals surface area contributed by atoms with Crippen LogP contribution in [-0.4, -0.2) is 24.8 Å². The average Bonchev–Trinajstić information content (AvgIpc) is 2.88. The quantitative estimate of drug-likeness (QED) is 0.164. The van der Waals surface area contributed by atoms with Gasteiger partial charge in [-0.15, -0.1) is 0 Å². The zero-order chi connectivity index (χ0) is 25.0. The van der Waals surface area contributed by atoms with Crippen LogP contribution in [-0.2, 0) is 16.1 Å². The van der Waals surface area contributed by atoms with Gasteiger partial charge in [0.15, 0.2) is 0 Å². The smallest absolute Gasteiger partial charge is 0.246 e. The van der Waals surface area contributed by atoms with Gasteiger partial charge in [0, 0.05) is 19.6 Å². The van der Waals surface area contributed by atoms with Crippen LogP contribution in [0.25, 0.3) is 11.1 Å². The molecule has 3 N–H and O–H groups in total. The van der Waals surface area contributed by atoms with E-state index in [-0.39, 0.29) is 17.7 Å². The van der Waals surface area contributed by atoms with Crippen LogP contribution in [0.4, 0.5) is 8.78 Å². The molecular formula is C28H32F2N2O3. The van der Waals surface area contributed by atoms with E-state index in [2.05, 4.69) is 11.4 Å². The second-order valence-corrected chi connectivity index (χ2v) is 8.56. The molecule has 0 saturated carbocycles. The Hall–Kier alpha value is -3.13. The number of benzene rings is 3. The third kappa shape index (κ3) is 8.24. The van der Waals surface area contributed by atoms with Crippen LogP contribution in [0.2, 0.25) is 0 Å². The molecule has 3 aromatic carbocycles. The Morgan fingerprint density at radius 1 is 0.943 bits per heavy atom. The van der Waals surface area contributed by atoms with Crippen molar-refractivity contribution >= 4 is 5.91 Å². The fraction of sp³-hybridized carbons (Fsp3) is 0.321. The van der Waals surface area contributed by atoms with Gasteiger partial charge in [0.1, 0.15) is 11.6 Å². The summed E-state index contributed by atoms with van der Waals surface area (Å²) >= 11 is 0. The number of methoxy groups -OCH3 is 1. The number of amides is 1. The van der Waals surface area contributed by atoms with Crippen molar-refractivity contribution in [2.45, 2.75) is 38.3 Å². The number of hydrogen-bond donors (Lipinski definition) is 3. The fourth-order valence-electron chi connectivity index (χ4n) is 4.13. The summed E-state index contributed by atoms with van der Waals surface area (Å²) in [6.45, 7) is 1.48. The van der Waals surface area contributed by atoms with E-state index in [4.69, 9.17) is 9.94 Å². The van der Waals surface area contributed by atoms with Crippen LogP contribution in [0.3, 0.4) is 0 Å². The van der Waals surface area contributed by atoms with Gasteiger partial charge in [0.25, 0.3) is 0 Å². The second kappa shape index (κ2) is 13.7. The lowest BCUT2D eigenvalue weighted by Crippen LogP contribution is -2.29. The number of carbonyl (C=O) groups excluding carboxylic acids is 1. The van der Waals surface area contributed by atoms with E-state index in [1.807, 2.05) is 18.2 Å². The molecule has 0 bridgehead atoms. The van der Waals surface area contributed by atoms with Gasteiger partial charge in [-0.1, -0.05) is 48.9 Å². The maximum absolute atomic E-state index is 13.2. The molecule has 0 aliphatic rings. The number of nitrogens with one attached hydrogen (secondary N) is 2. The predicted molar refractivity (Wildman–Crippen MR) is 132 cm³/mol. The summed E-state index contributed by atoms with van der Waals surface area (Å²) in [7, 11) is 1.55. The van der Waals surface area contributed by atoms with E-state index in [9.17, 15) is 13.6 Å². The maximum atomic E-state index is 13.2. The molecule has 0 saturated heterocycles. The van der Waals surface area contributed by atoms with Crippen molar-refractivity contribution in [2.75, 3.05) is 13.7 Å². The van der Waals surface area contributed by atoms with Gasteiger partial charge in [-0.2, -0.15) is 0 Å². The summed E-state index contributed by atoms with van der Waals surface area (Å²) in [4.78, 5) is 12.2. The number of carbonyl (C=O) groups is 1. The first-order valence-electron chi connectivity index (χ1n) is 11.8. The van der Waals surface area contributed by atoms with Crippen molar-refractivity contribution in [2.24, 2.45) is 5.92 Å². The van der Waals surface area contributed by atoms with Crippen LogP contribution in [0.15, 0.2) is 72.8 Å². The Labute approximate surface area is 205 Å². The zero-order valence-electron chi connectivity index (χ0n) is 19.8. The Morgan fingerprint density at radius 3 is 2.29 bits per heavy atom. The Kier molecular flexibility index (Phi) is 10.3. The molecule has 0 unspecified atom stereocenters. The molecule has 186 valence electrons. The van der Waals surface area contributed by atoms with Crippen LogP contribution in [0.1, 0.15) is 42.9 Å². The van der Waals surface area contributed by atoms with Crippen LogP contribution >= 0.6 is 0 Å². The molecule has 0 heterocycles. The number of rotatable bonds is 13. The molecular weight excluding hydrogens is 450 g/mol. The fourth-order valence-corrected chi connectivity index (χ4v) is 4.13. The zero-order valence-corrected chi connectivity index (χ0v) is 19.8. The summed E-state index contributed by atoms with van der Waals surface area (Å²) < 4.78 is 31.9. The highest BCUT2D eigenvalue weighted by Gasteiger charge is 2.23. The first-order chi connectivity index (χ1) is 17.0. The number of halogens is 2. The Bertz CT molecular complexity index is 1060. The van der Waals surface area contributed by atoms with Gasteiger partial charge >= 0.3 is 0 Å². The van der Waals surface area contributed by atoms with Gasteiger partial charge in [0.2, 0.25) is 5.91 Å². The maximum Gasteiger partial charge on any atom is 0.246 e. The predicted octanol–water partition coefficient (Wildman–Crippen LogP) is 5.79. The number of hydrogen-bond acceptors (Lipinski definition) is 4. The summed E-state index contributed by atoms with van der Waals surface area (Å²) in [5.41, 5.74) is 5.68. The highest BCUT2D eigenvalue weighted by atomic mass is 19.1. The van der Waals surface area contributed by atoms with Gasteiger partial charge in [-0.25, -0.2) is 14.3 Å². The molecule has 0 aromatic heterocycles. The van der Waals surface area contributed by atoms with Crippen molar-refractivity contribution in [3.63, 3.8) is 0 Å². The van der Waals surface area contributed by atoms with Gasteiger partial charge in [-0.3, -0.25) is 10.0 Å². The molecule has 1 amide bonds. The number of ether oxygens (including phenoxy) is 1. The lowest BCUT2D eigenvalue weighted by Gasteiger charge is -2.22. The summed E-state index contributed by atoms with van der Waals surface area (Å²) in [6.07, 6.45) is 2.26. The van der Waals surface area contributed by atoms with Gasteiger partial charge < -0.3 is 10.1 Å². The van der Waals surface area contributed by atoms with Crippen molar-refractivity contribution in [1.29, 1.82) is 0 Å². The lowest BCUT2D eigenvalue weighted by molar-refractivity contribution is -0.135. The van der Waals surface area contributed by atoms with Crippen LogP contribution in [0, 0.1) is 17.6 Å². The summed E-state index contributed by atoms with van der Waals surface area (Å²) in [5, 5.41) is 12.6. The Balaban J connectivity index is 1.45. The SMILES string of the molecule is CO[C@H](C[C@H](CCCCNCc1cccc(-c2ccc(F)cc2)c1)C(=O)NO)c1ccc(F)cc1. The van der Waals surface area contributed by atoms with E-state index in [1.54, 1.807) is 36.9 Å². The van der Waals surface area contributed by atoms with E-state index >= 15 is 0 Å². The highest BCUT2D eigenvalue weighted by molar-refractivity contribution is 5.77. The molecule has 35 heavy (non-hydrogen) atoms. The molecule has 7 heteroatoms. The molecule has 0 fully saturated rings. The normalized spacial score (nSPS) is 12.8. The van der Waals surface area contributed by atoms with Gasteiger partial charge in [-0.05, 0) is 78.4 Å². The van der Waals surface area contributed by atoms with Crippen LogP contribution in [0.5, 0.6) is 0 Å². The largest absolute Gasteiger partial charge is 0.377 e. The van der Waals surface area contributed by atoms with Crippen molar-refractivity contribution in [1.82, 2.24) is 10.8 Å². The lowest BCUT2D eigenvalue weighted by atomic mass is 9.91. The van der Waals surface area contributed by atoms with E-state index < -0.39 is 11.8 Å². The minimum atomic E-state index is -0.445. The molecule has 3 aromatic rings. The highest BCUT2D eigenvalue weighted by Crippen LogP contribution is 2.28. The van der Waals surface area contributed by atoms with E-state index in [0.29, 0.717) is 19.4 Å². The average molecular weight is 483 g/mol. The standard InChI is InChI=1S/C28H32F2N2O3/c1-35-27(22-10-14-26(30)15-11-22)18-24(28(33)32-34)6-2-3-16-31-19-20-5-4-7-23(17-20)21-8-12-25(29)13-9-21/h4-5,7-15,17,24,27,31,34H,2-3,6,16,18-19H2,1H3,(H,32,33)/t24-,27+/m0/s1. The molecule has 3 rings (SSSR count).